The SMILES string of the molecule is Cc1ccc(CNC(=O)OC(C)(C)C)cc1C(F)(F)F. The van der Waals surface area contributed by atoms with E-state index in [0.29, 0.717) is 5.56 Å². The van der Waals surface area contributed by atoms with Crippen LogP contribution in [0.1, 0.15) is 37.5 Å². The number of nitrogens with one attached hydrogen (secondary N) is 1. The van der Waals surface area contributed by atoms with Gasteiger partial charge in [0.25, 0.3) is 0 Å². The number of alkyl halides is 3. The van der Waals surface area contributed by atoms with Crippen LogP contribution in [0.5, 0.6) is 0 Å². The van der Waals surface area contributed by atoms with Crippen molar-refractivity contribution in [3.8, 4) is 0 Å². The Morgan fingerprint density at radius 2 is 1.85 bits per heavy atom. The molecule has 0 fully saturated rings. The molecular formula is C14H18F3NO2. The molecule has 0 saturated carbocycles. The molecule has 0 heterocycles. The van der Waals surface area contributed by atoms with Crippen LogP contribution in [0.25, 0.3) is 0 Å². The molecule has 0 aromatic heterocycles. The lowest BCUT2D eigenvalue weighted by Gasteiger charge is -2.20. The maximum absolute atomic E-state index is 12.7. The number of rotatable bonds is 2. The van der Waals surface area contributed by atoms with E-state index in [-0.39, 0.29) is 12.1 Å². The van der Waals surface area contributed by atoms with E-state index >= 15 is 0 Å². The van der Waals surface area contributed by atoms with Crippen LogP contribution in [0.15, 0.2) is 18.2 Å². The van der Waals surface area contributed by atoms with E-state index in [2.05, 4.69) is 5.32 Å². The molecule has 1 rings (SSSR count). The smallest absolute Gasteiger partial charge is 0.416 e. The van der Waals surface area contributed by atoms with Gasteiger partial charge in [0, 0.05) is 6.54 Å². The minimum Gasteiger partial charge on any atom is -0.444 e. The second-order valence-electron chi connectivity index (χ2n) is 5.50. The van der Waals surface area contributed by atoms with Gasteiger partial charge in [0.2, 0.25) is 0 Å². The van der Waals surface area contributed by atoms with Crippen molar-refractivity contribution < 1.29 is 22.7 Å². The molecular weight excluding hydrogens is 271 g/mol. The van der Waals surface area contributed by atoms with E-state index in [4.69, 9.17) is 4.74 Å². The summed E-state index contributed by atoms with van der Waals surface area (Å²) in [6.45, 7) is 6.51. The lowest BCUT2D eigenvalue weighted by atomic mass is 10.0. The molecule has 6 heteroatoms. The fraction of sp³-hybridized carbons (Fsp3) is 0.500. The van der Waals surface area contributed by atoms with Gasteiger partial charge in [0.05, 0.1) is 5.56 Å². The number of aryl methyl sites for hydroxylation is 1. The Hall–Kier alpha value is -1.72. The highest BCUT2D eigenvalue weighted by molar-refractivity contribution is 5.67. The Balaban J connectivity index is 2.73. The van der Waals surface area contributed by atoms with Gasteiger partial charge in [-0.15, -0.1) is 0 Å². The monoisotopic (exact) mass is 289 g/mol. The molecule has 1 aromatic carbocycles. The Labute approximate surface area is 116 Å². The van der Waals surface area contributed by atoms with Crippen molar-refractivity contribution in [3.05, 3.63) is 34.9 Å². The molecule has 0 aliphatic carbocycles. The van der Waals surface area contributed by atoms with Gasteiger partial charge in [-0.3, -0.25) is 0 Å². The summed E-state index contributed by atoms with van der Waals surface area (Å²) >= 11 is 0. The second-order valence-corrected chi connectivity index (χ2v) is 5.50. The first-order valence-electron chi connectivity index (χ1n) is 6.12. The van der Waals surface area contributed by atoms with Gasteiger partial charge in [-0.25, -0.2) is 4.79 Å². The Morgan fingerprint density at radius 1 is 1.25 bits per heavy atom. The average Bonchev–Trinajstić information content (AvgIpc) is 2.24. The van der Waals surface area contributed by atoms with Crippen LogP contribution in [0.2, 0.25) is 0 Å². The Morgan fingerprint density at radius 3 is 2.35 bits per heavy atom. The number of ether oxygens (including phenoxy) is 1. The van der Waals surface area contributed by atoms with Crippen LogP contribution in [-0.2, 0) is 17.5 Å². The molecule has 0 unspecified atom stereocenters. The van der Waals surface area contributed by atoms with Crippen LogP contribution in [0.4, 0.5) is 18.0 Å². The summed E-state index contributed by atoms with van der Waals surface area (Å²) in [7, 11) is 0. The number of halogens is 3. The van der Waals surface area contributed by atoms with E-state index < -0.39 is 23.4 Å². The molecule has 3 nitrogen and oxygen atoms in total. The summed E-state index contributed by atoms with van der Waals surface area (Å²) in [6.07, 6.45) is -5.06. The summed E-state index contributed by atoms with van der Waals surface area (Å²) in [4.78, 5) is 11.4. The van der Waals surface area contributed by atoms with E-state index in [9.17, 15) is 18.0 Å². The highest BCUT2D eigenvalue weighted by Crippen LogP contribution is 2.32. The first kappa shape index (κ1) is 16.3. The molecule has 20 heavy (non-hydrogen) atoms. The molecule has 0 radical (unpaired) electrons. The van der Waals surface area contributed by atoms with Crippen molar-refractivity contribution in [2.24, 2.45) is 0 Å². The van der Waals surface area contributed by atoms with Crippen LogP contribution in [-0.4, -0.2) is 11.7 Å². The fourth-order valence-electron chi connectivity index (χ4n) is 1.57. The highest BCUT2D eigenvalue weighted by Gasteiger charge is 2.32. The van der Waals surface area contributed by atoms with Crippen LogP contribution in [0.3, 0.4) is 0 Å². The van der Waals surface area contributed by atoms with Crippen molar-refractivity contribution in [1.82, 2.24) is 5.32 Å². The van der Waals surface area contributed by atoms with Crippen molar-refractivity contribution in [2.45, 2.75) is 46.0 Å². The Kier molecular flexibility index (Phi) is 4.68. The van der Waals surface area contributed by atoms with Crippen molar-refractivity contribution >= 4 is 6.09 Å². The summed E-state index contributed by atoms with van der Waals surface area (Å²) in [5, 5.41) is 2.43. The van der Waals surface area contributed by atoms with E-state index in [1.54, 1.807) is 26.8 Å². The zero-order valence-electron chi connectivity index (χ0n) is 11.9. The summed E-state index contributed by atoms with van der Waals surface area (Å²) in [5.41, 5.74) is -0.817. The molecule has 0 aliphatic rings. The van der Waals surface area contributed by atoms with Gasteiger partial charge in [-0.2, -0.15) is 13.2 Å². The molecule has 1 amide bonds. The van der Waals surface area contributed by atoms with Gasteiger partial charge < -0.3 is 10.1 Å². The molecule has 112 valence electrons. The van der Waals surface area contributed by atoms with Gasteiger partial charge in [-0.05, 0) is 44.9 Å². The molecule has 0 spiro atoms. The van der Waals surface area contributed by atoms with E-state index in [0.717, 1.165) is 6.07 Å². The third-order valence-electron chi connectivity index (χ3n) is 2.44. The van der Waals surface area contributed by atoms with E-state index in [1.807, 2.05) is 0 Å². The van der Waals surface area contributed by atoms with Crippen LogP contribution >= 0.6 is 0 Å². The lowest BCUT2D eigenvalue weighted by Crippen LogP contribution is -2.32. The molecule has 1 aromatic rings. The number of hydrogen-bond acceptors (Lipinski definition) is 2. The molecule has 0 atom stereocenters. The molecule has 0 bridgehead atoms. The van der Waals surface area contributed by atoms with Crippen molar-refractivity contribution in [2.75, 3.05) is 0 Å². The number of benzene rings is 1. The third-order valence-corrected chi connectivity index (χ3v) is 2.44. The number of carbonyl (C=O) groups is 1. The molecule has 0 aliphatic heterocycles. The number of amides is 1. The quantitative estimate of drug-likeness (QED) is 0.892. The number of carbonyl (C=O) groups excluding carboxylic acids is 1. The predicted octanol–water partition coefficient (Wildman–Crippen LogP) is 4.04. The first-order valence-corrected chi connectivity index (χ1v) is 6.12. The molecule has 1 N–H and O–H groups in total. The Bertz CT molecular complexity index is 490. The maximum Gasteiger partial charge on any atom is 0.416 e. The zero-order chi connectivity index (χ0) is 15.6. The van der Waals surface area contributed by atoms with Crippen LogP contribution in [0, 0.1) is 6.92 Å². The molecule has 0 saturated heterocycles. The standard InChI is InChI=1S/C14H18F3NO2/c1-9-5-6-10(7-11(9)14(15,16)17)8-18-12(19)20-13(2,3)4/h5-7H,8H2,1-4H3,(H,18,19). The second kappa shape index (κ2) is 5.73. The first-order chi connectivity index (χ1) is 8.99. The maximum atomic E-state index is 12.7. The van der Waals surface area contributed by atoms with Crippen molar-refractivity contribution in [3.63, 3.8) is 0 Å². The largest absolute Gasteiger partial charge is 0.444 e. The van der Waals surface area contributed by atoms with Gasteiger partial charge >= 0.3 is 12.3 Å². The topological polar surface area (TPSA) is 38.3 Å². The minimum absolute atomic E-state index is 0.0156. The summed E-state index contributed by atoms with van der Waals surface area (Å²) < 4.78 is 43.2. The van der Waals surface area contributed by atoms with Gasteiger partial charge in [0.15, 0.2) is 0 Å². The average molecular weight is 289 g/mol. The minimum atomic E-state index is -4.40. The predicted molar refractivity (Wildman–Crippen MR) is 69.3 cm³/mol. The van der Waals surface area contributed by atoms with Gasteiger partial charge in [-0.1, -0.05) is 12.1 Å². The third kappa shape index (κ3) is 5.11. The zero-order valence-corrected chi connectivity index (χ0v) is 11.9. The lowest BCUT2D eigenvalue weighted by molar-refractivity contribution is -0.138. The highest BCUT2D eigenvalue weighted by atomic mass is 19.4. The van der Waals surface area contributed by atoms with E-state index in [1.165, 1.54) is 13.0 Å². The van der Waals surface area contributed by atoms with Crippen LogP contribution < -0.4 is 5.32 Å². The van der Waals surface area contributed by atoms with Gasteiger partial charge in [0.1, 0.15) is 5.60 Å². The normalized spacial score (nSPS) is 12.2. The number of hydrogen-bond donors (Lipinski definition) is 1. The number of alkyl carbamates (subject to hydrolysis) is 1. The van der Waals surface area contributed by atoms with Crippen molar-refractivity contribution in [1.29, 1.82) is 0 Å². The summed E-state index contributed by atoms with van der Waals surface area (Å²) in [5.74, 6) is 0. The summed E-state index contributed by atoms with van der Waals surface area (Å²) in [6, 6.07) is 3.96. The fourth-order valence-corrected chi connectivity index (χ4v) is 1.57.